The average molecular weight is 308 g/mol. The van der Waals surface area contributed by atoms with Crippen LogP contribution in [0.3, 0.4) is 0 Å². The van der Waals surface area contributed by atoms with Crippen molar-refractivity contribution in [3.05, 3.63) is 35.6 Å². The lowest BCUT2D eigenvalue weighted by Gasteiger charge is -2.16. The summed E-state index contributed by atoms with van der Waals surface area (Å²) in [6.07, 6.45) is 0.909. The standard InChI is InChI=1S/C16H21FN2O3/c1-22-9-7-18-16(21)13-10-15(20)19(11-13)8-6-12-2-4-14(17)5-3-12/h2-5,13H,6-11H2,1H3,(H,18,21)/t13-/m0/s1. The molecule has 0 saturated carbocycles. The number of amides is 2. The molecule has 1 aliphatic heterocycles. The Bertz CT molecular complexity index is 519. The predicted octanol–water partition coefficient (Wildman–Crippen LogP) is 0.979. The number of ether oxygens (including phenoxy) is 1. The first kappa shape index (κ1) is 16.4. The summed E-state index contributed by atoms with van der Waals surface area (Å²) in [5.74, 6) is -0.671. The number of carbonyl (C=O) groups excluding carboxylic acids is 2. The Morgan fingerprint density at radius 3 is 2.82 bits per heavy atom. The van der Waals surface area contributed by atoms with Gasteiger partial charge in [-0.15, -0.1) is 0 Å². The van der Waals surface area contributed by atoms with Crippen LogP contribution < -0.4 is 5.32 Å². The minimum atomic E-state index is -0.294. The van der Waals surface area contributed by atoms with Gasteiger partial charge in [0.1, 0.15) is 5.82 Å². The number of carbonyl (C=O) groups is 2. The summed E-state index contributed by atoms with van der Waals surface area (Å²) in [7, 11) is 1.57. The third-order valence-electron chi connectivity index (χ3n) is 3.77. The highest BCUT2D eigenvalue weighted by atomic mass is 19.1. The fourth-order valence-electron chi connectivity index (χ4n) is 2.50. The SMILES string of the molecule is COCCNC(=O)[C@H]1CC(=O)N(CCc2ccc(F)cc2)C1. The molecule has 2 rings (SSSR count). The predicted molar refractivity (Wildman–Crippen MR) is 79.7 cm³/mol. The van der Waals surface area contributed by atoms with E-state index in [4.69, 9.17) is 4.74 Å². The number of likely N-dealkylation sites (tertiary alicyclic amines) is 1. The topological polar surface area (TPSA) is 58.6 Å². The Morgan fingerprint density at radius 1 is 1.41 bits per heavy atom. The largest absolute Gasteiger partial charge is 0.383 e. The maximum atomic E-state index is 12.8. The van der Waals surface area contributed by atoms with Gasteiger partial charge in [-0.25, -0.2) is 4.39 Å². The highest BCUT2D eigenvalue weighted by Gasteiger charge is 2.33. The molecule has 0 aliphatic carbocycles. The Balaban J connectivity index is 1.79. The van der Waals surface area contributed by atoms with Crippen LogP contribution in [0, 0.1) is 11.7 Å². The van der Waals surface area contributed by atoms with E-state index in [9.17, 15) is 14.0 Å². The average Bonchev–Trinajstić information content (AvgIpc) is 2.88. The molecule has 120 valence electrons. The summed E-state index contributed by atoms with van der Waals surface area (Å²) in [6, 6.07) is 6.25. The summed E-state index contributed by atoms with van der Waals surface area (Å²) >= 11 is 0. The highest BCUT2D eigenvalue weighted by Crippen LogP contribution is 2.18. The molecule has 1 aromatic rings. The van der Waals surface area contributed by atoms with Crippen LogP contribution in [0.5, 0.6) is 0 Å². The van der Waals surface area contributed by atoms with Gasteiger partial charge in [0.05, 0.1) is 12.5 Å². The minimum absolute atomic E-state index is 0.00555. The molecule has 1 aliphatic rings. The van der Waals surface area contributed by atoms with Gasteiger partial charge in [-0.3, -0.25) is 9.59 Å². The summed E-state index contributed by atoms with van der Waals surface area (Å²) in [5.41, 5.74) is 0.974. The van der Waals surface area contributed by atoms with E-state index >= 15 is 0 Å². The highest BCUT2D eigenvalue weighted by molar-refractivity contribution is 5.89. The van der Waals surface area contributed by atoms with Crippen molar-refractivity contribution in [3.8, 4) is 0 Å². The quantitative estimate of drug-likeness (QED) is 0.764. The first-order valence-electron chi connectivity index (χ1n) is 7.39. The Kier molecular flexibility index (Phi) is 5.89. The number of nitrogens with one attached hydrogen (secondary N) is 1. The first-order chi connectivity index (χ1) is 10.6. The van der Waals surface area contributed by atoms with Gasteiger partial charge in [0.15, 0.2) is 0 Å². The van der Waals surface area contributed by atoms with E-state index < -0.39 is 0 Å². The zero-order chi connectivity index (χ0) is 15.9. The molecule has 0 bridgehead atoms. The zero-order valence-corrected chi connectivity index (χ0v) is 12.7. The van der Waals surface area contributed by atoms with Crippen LogP contribution in [-0.2, 0) is 20.7 Å². The van der Waals surface area contributed by atoms with E-state index in [1.807, 2.05) is 0 Å². The lowest BCUT2D eigenvalue weighted by molar-refractivity contribution is -0.129. The second kappa shape index (κ2) is 7.89. The summed E-state index contributed by atoms with van der Waals surface area (Å²) < 4.78 is 17.7. The van der Waals surface area contributed by atoms with Gasteiger partial charge in [-0.2, -0.15) is 0 Å². The molecular weight excluding hydrogens is 287 g/mol. The molecule has 2 amide bonds. The van der Waals surface area contributed by atoms with Crippen LogP contribution in [0.1, 0.15) is 12.0 Å². The number of hydrogen-bond acceptors (Lipinski definition) is 3. The van der Waals surface area contributed by atoms with Crippen LogP contribution in [0.2, 0.25) is 0 Å². The third kappa shape index (κ3) is 4.53. The van der Waals surface area contributed by atoms with Crippen LogP contribution in [0.4, 0.5) is 4.39 Å². The molecule has 6 heteroatoms. The molecule has 22 heavy (non-hydrogen) atoms. The number of methoxy groups -OCH3 is 1. The second-order valence-electron chi connectivity index (χ2n) is 5.40. The normalized spacial score (nSPS) is 17.8. The molecule has 1 aromatic carbocycles. The van der Waals surface area contributed by atoms with E-state index in [2.05, 4.69) is 5.32 Å². The van der Waals surface area contributed by atoms with Gasteiger partial charge >= 0.3 is 0 Å². The summed E-state index contributed by atoms with van der Waals surface area (Å²) in [4.78, 5) is 25.6. The number of benzene rings is 1. The molecule has 0 radical (unpaired) electrons. The zero-order valence-electron chi connectivity index (χ0n) is 12.7. The summed E-state index contributed by atoms with van der Waals surface area (Å²) in [5, 5.41) is 2.76. The van der Waals surface area contributed by atoms with Crippen LogP contribution in [-0.4, -0.2) is 50.1 Å². The fourth-order valence-corrected chi connectivity index (χ4v) is 2.50. The molecular formula is C16H21FN2O3. The molecule has 1 saturated heterocycles. The van der Waals surface area contributed by atoms with Gasteiger partial charge in [0, 0.05) is 33.2 Å². The fraction of sp³-hybridized carbons (Fsp3) is 0.500. The molecule has 0 aromatic heterocycles. The van der Waals surface area contributed by atoms with Gasteiger partial charge < -0.3 is 15.0 Å². The molecule has 0 spiro atoms. The number of rotatable bonds is 7. The maximum Gasteiger partial charge on any atom is 0.225 e. The molecule has 1 fully saturated rings. The molecule has 1 N–H and O–H groups in total. The molecule has 5 nitrogen and oxygen atoms in total. The van der Waals surface area contributed by atoms with Crippen molar-refractivity contribution in [3.63, 3.8) is 0 Å². The summed E-state index contributed by atoms with van der Waals surface area (Å²) in [6.45, 7) is 1.90. The van der Waals surface area contributed by atoms with Crippen LogP contribution in [0.25, 0.3) is 0 Å². The number of hydrogen-bond donors (Lipinski definition) is 1. The first-order valence-corrected chi connectivity index (χ1v) is 7.39. The van der Waals surface area contributed by atoms with E-state index in [1.54, 1.807) is 24.1 Å². The lowest BCUT2D eigenvalue weighted by Crippen LogP contribution is -2.35. The lowest BCUT2D eigenvalue weighted by atomic mass is 10.1. The van der Waals surface area contributed by atoms with E-state index in [-0.39, 0.29) is 30.0 Å². The van der Waals surface area contributed by atoms with E-state index in [0.717, 1.165) is 5.56 Å². The molecule has 1 atom stereocenters. The number of halogens is 1. The van der Waals surface area contributed by atoms with Crippen molar-refractivity contribution in [2.75, 3.05) is 33.4 Å². The Morgan fingerprint density at radius 2 is 2.14 bits per heavy atom. The smallest absolute Gasteiger partial charge is 0.225 e. The van der Waals surface area contributed by atoms with Crippen molar-refractivity contribution in [2.45, 2.75) is 12.8 Å². The van der Waals surface area contributed by atoms with Crippen molar-refractivity contribution >= 4 is 11.8 Å². The van der Waals surface area contributed by atoms with Gasteiger partial charge in [-0.05, 0) is 24.1 Å². The molecule has 1 heterocycles. The minimum Gasteiger partial charge on any atom is -0.383 e. The van der Waals surface area contributed by atoms with Crippen molar-refractivity contribution in [2.24, 2.45) is 5.92 Å². The van der Waals surface area contributed by atoms with E-state index in [0.29, 0.717) is 32.7 Å². The monoisotopic (exact) mass is 308 g/mol. The van der Waals surface area contributed by atoms with Crippen LogP contribution >= 0.6 is 0 Å². The van der Waals surface area contributed by atoms with Crippen molar-refractivity contribution in [1.82, 2.24) is 10.2 Å². The van der Waals surface area contributed by atoms with Gasteiger partial charge in [-0.1, -0.05) is 12.1 Å². The molecule has 0 unspecified atom stereocenters. The van der Waals surface area contributed by atoms with Gasteiger partial charge in [0.25, 0.3) is 0 Å². The number of nitrogens with zero attached hydrogens (tertiary/aromatic N) is 1. The second-order valence-corrected chi connectivity index (χ2v) is 5.40. The van der Waals surface area contributed by atoms with Crippen LogP contribution in [0.15, 0.2) is 24.3 Å². The van der Waals surface area contributed by atoms with Crippen molar-refractivity contribution < 1.29 is 18.7 Å². The third-order valence-corrected chi connectivity index (χ3v) is 3.77. The van der Waals surface area contributed by atoms with E-state index in [1.165, 1.54) is 12.1 Å². The van der Waals surface area contributed by atoms with Crippen molar-refractivity contribution in [1.29, 1.82) is 0 Å². The van der Waals surface area contributed by atoms with Gasteiger partial charge in [0.2, 0.25) is 11.8 Å². The Hall–Kier alpha value is -1.95. The Labute approximate surface area is 129 Å². The maximum absolute atomic E-state index is 12.8.